The normalized spacial score (nSPS) is 18.1. The third-order valence-electron chi connectivity index (χ3n) is 5.06. The van der Waals surface area contributed by atoms with Crippen molar-refractivity contribution in [3.05, 3.63) is 39.9 Å². The second-order valence-electron chi connectivity index (χ2n) is 6.96. The molecule has 11 heteroatoms. The van der Waals surface area contributed by atoms with Crippen LogP contribution in [0.2, 0.25) is 0 Å². The average molecular weight is 449 g/mol. The summed E-state index contributed by atoms with van der Waals surface area (Å²) < 4.78 is 26.4. The number of aromatic carboxylic acids is 1. The number of ether oxygens (including phenoxy) is 2. The molecule has 0 N–H and O–H groups in total. The molecule has 2 atom stereocenters. The maximum Gasteiger partial charge on any atom is 0.339 e. The number of benzene rings is 1. The minimum Gasteiger partial charge on any atom is -0.545 e. The number of hydrogen-bond acceptors (Lipinski definition) is 9. The van der Waals surface area contributed by atoms with E-state index in [2.05, 4.69) is 0 Å². The Balaban J connectivity index is 2.08. The molecule has 32 heavy (non-hydrogen) atoms. The summed E-state index contributed by atoms with van der Waals surface area (Å²) in [6.07, 6.45) is -0.215. The SMILES string of the molecule is CCOC(=O)[C@@H]1CN(c2cc3c(cc2F)c(=O)c(C(=O)[O-])cn3CC)O[C@H]1C(=O)OCC. The number of carboxylic acid groups (broad SMARTS) is 1. The average Bonchev–Trinajstić information content (AvgIpc) is 3.19. The van der Waals surface area contributed by atoms with Crippen LogP contribution >= 0.6 is 0 Å². The van der Waals surface area contributed by atoms with Crippen molar-refractivity contribution in [3.8, 4) is 0 Å². The van der Waals surface area contributed by atoms with Crippen LogP contribution in [0.3, 0.4) is 0 Å². The zero-order chi connectivity index (χ0) is 23.6. The minimum absolute atomic E-state index is 0.0577. The number of hydrogen-bond donors (Lipinski definition) is 0. The van der Waals surface area contributed by atoms with Gasteiger partial charge in [-0.2, -0.15) is 0 Å². The number of carboxylic acids is 1. The summed E-state index contributed by atoms with van der Waals surface area (Å²) >= 11 is 0. The van der Waals surface area contributed by atoms with Gasteiger partial charge in [-0.15, -0.1) is 0 Å². The third-order valence-corrected chi connectivity index (χ3v) is 5.06. The number of esters is 2. The Hall–Kier alpha value is -3.47. The predicted octanol–water partition coefficient (Wildman–Crippen LogP) is 0.387. The zero-order valence-electron chi connectivity index (χ0n) is 17.8. The van der Waals surface area contributed by atoms with Crippen LogP contribution in [0.5, 0.6) is 0 Å². The molecule has 0 bridgehead atoms. The van der Waals surface area contributed by atoms with Crippen LogP contribution < -0.4 is 15.6 Å². The fourth-order valence-corrected chi connectivity index (χ4v) is 3.56. The molecule has 1 aliphatic rings. The molecule has 172 valence electrons. The smallest absolute Gasteiger partial charge is 0.339 e. The summed E-state index contributed by atoms with van der Waals surface area (Å²) in [6.45, 7) is 5.14. The van der Waals surface area contributed by atoms with Gasteiger partial charge in [-0.05, 0) is 32.9 Å². The van der Waals surface area contributed by atoms with Crippen LogP contribution in [0.15, 0.2) is 23.1 Å². The first kappa shape index (κ1) is 23.2. The van der Waals surface area contributed by atoms with Crippen molar-refractivity contribution in [1.29, 1.82) is 0 Å². The second kappa shape index (κ2) is 9.35. The summed E-state index contributed by atoms with van der Waals surface area (Å²) in [6, 6.07) is 2.19. The molecule has 0 unspecified atom stereocenters. The number of hydroxylamine groups is 1. The largest absolute Gasteiger partial charge is 0.545 e. The lowest BCUT2D eigenvalue weighted by Crippen LogP contribution is -2.35. The van der Waals surface area contributed by atoms with Crippen molar-refractivity contribution in [2.24, 2.45) is 5.92 Å². The Kier molecular flexibility index (Phi) is 6.78. The van der Waals surface area contributed by atoms with E-state index in [1.807, 2.05) is 0 Å². The number of aromatic nitrogens is 1. The van der Waals surface area contributed by atoms with Gasteiger partial charge in [0.05, 0.1) is 36.8 Å². The number of nitrogens with zero attached hydrogens (tertiary/aromatic N) is 2. The van der Waals surface area contributed by atoms with Gasteiger partial charge in [-0.3, -0.25) is 14.4 Å². The van der Waals surface area contributed by atoms with Gasteiger partial charge in [0.15, 0.2) is 11.5 Å². The van der Waals surface area contributed by atoms with Crippen LogP contribution in [0.25, 0.3) is 10.9 Å². The van der Waals surface area contributed by atoms with E-state index < -0.39 is 46.7 Å². The van der Waals surface area contributed by atoms with E-state index >= 15 is 4.39 Å². The van der Waals surface area contributed by atoms with Crippen LogP contribution in [-0.2, 0) is 30.4 Å². The van der Waals surface area contributed by atoms with Gasteiger partial charge >= 0.3 is 11.9 Å². The molecule has 2 aromatic rings. The molecule has 1 aliphatic heterocycles. The molecular formula is C21H22FN2O8-. The molecule has 1 saturated heterocycles. The predicted molar refractivity (Wildman–Crippen MR) is 107 cm³/mol. The van der Waals surface area contributed by atoms with Crippen molar-refractivity contribution in [1.82, 2.24) is 4.57 Å². The molecule has 10 nitrogen and oxygen atoms in total. The van der Waals surface area contributed by atoms with E-state index in [9.17, 15) is 24.3 Å². The standard InChI is InChI=1S/C21H23FN2O8/c1-4-23-9-12(19(26)27)17(25)11-7-14(22)16(8-15(11)23)24-10-13(20(28)30-5-2)18(32-24)21(29)31-6-3/h7-9,13,18H,4-6,10H2,1-3H3,(H,26,27)/p-1/t13-,18-/m1/s1. The number of carbonyl (C=O) groups excluding carboxylic acids is 3. The molecular weight excluding hydrogens is 427 g/mol. The molecule has 1 aromatic heterocycles. The first-order chi connectivity index (χ1) is 15.2. The molecule has 0 saturated carbocycles. The van der Waals surface area contributed by atoms with Crippen molar-refractivity contribution >= 4 is 34.5 Å². The van der Waals surface area contributed by atoms with Crippen LogP contribution in [0.1, 0.15) is 31.1 Å². The molecule has 0 aliphatic carbocycles. The first-order valence-corrected chi connectivity index (χ1v) is 10.1. The van der Waals surface area contributed by atoms with E-state index in [1.54, 1.807) is 20.8 Å². The number of carbonyl (C=O) groups is 3. The van der Waals surface area contributed by atoms with E-state index in [1.165, 1.54) is 10.6 Å². The fraction of sp³-hybridized carbons (Fsp3) is 0.429. The fourth-order valence-electron chi connectivity index (χ4n) is 3.56. The van der Waals surface area contributed by atoms with Crippen molar-refractivity contribution in [2.75, 3.05) is 24.8 Å². The maximum absolute atomic E-state index is 15.0. The quantitative estimate of drug-likeness (QED) is 0.552. The Morgan fingerprint density at radius 3 is 2.41 bits per heavy atom. The minimum atomic E-state index is -1.67. The summed E-state index contributed by atoms with van der Waals surface area (Å²) in [5, 5.41) is 12.1. The maximum atomic E-state index is 15.0. The van der Waals surface area contributed by atoms with Crippen LogP contribution in [-0.4, -0.2) is 48.3 Å². The van der Waals surface area contributed by atoms with E-state index in [0.717, 1.165) is 17.3 Å². The Morgan fingerprint density at radius 1 is 1.16 bits per heavy atom. The molecule has 1 fully saturated rings. The number of fused-ring (bicyclic) bond motifs is 1. The van der Waals surface area contributed by atoms with Gasteiger partial charge < -0.3 is 23.9 Å². The van der Waals surface area contributed by atoms with Gasteiger partial charge in [0.25, 0.3) is 0 Å². The Labute approximate surface area is 182 Å². The lowest BCUT2D eigenvalue weighted by Gasteiger charge is -2.20. The molecule has 2 heterocycles. The topological polar surface area (TPSA) is 127 Å². The van der Waals surface area contributed by atoms with E-state index in [-0.39, 0.29) is 42.9 Å². The lowest BCUT2D eigenvalue weighted by atomic mass is 10.0. The van der Waals surface area contributed by atoms with Gasteiger partial charge in [0, 0.05) is 18.1 Å². The summed E-state index contributed by atoms with van der Waals surface area (Å²) in [5.41, 5.74) is -1.36. The number of rotatable bonds is 7. The number of anilines is 1. The van der Waals surface area contributed by atoms with E-state index in [4.69, 9.17) is 14.3 Å². The molecule has 3 rings (SSSR count). The molecule has 0 radical (unpaired) electrons. The molecule has 0 spiro atoms. The van der Waals surface area contributed by atoms with E-state index in [0.29, 0.717) is 0 Å². The number of aryl methyl sites for hydroxylation is 1. The highest BCUT2D eigenvalue weighted by Gasteiger charge is 2.46. The molecule has 0 amide bonds. The Bertz CT molecular complexity index is 1100. The zero-order valence-corrected chi connectivity index (χ0v) is 17.8. The lowest BCUT2D eigenvalue weighted by molar-refractivity contribution is -0.255. The summed E-state index contributed by atoms with van der Waals surface area (Å²) in [5.74, 6) is -5.12. The van der Waals surface area contributed by atoms with Gasteiger partial charge in [0.1, 0.15) is 17.4 Å². The number of halogens is 1. The highest BCUT2D eigenvalue weighted by atomic mass is 19.1. The van der Waals surface area contributed by atoms with Crippen LogP contribution in [0, 0.1) is 11.7 Å². The number of pyridine rings is 1. The highest BCUT2D eigenvalue weighted by molar-refractivity contribution is 5.92. The third kappa shape index (κ3) is 4.15. The van der Waals surface area contributed by atoms with Gasteiger partial charge in [-0.1, -0.05) is 0 Å². The highest BCUT2D eigenvalue weighted by Crippen LogP contribution is 2.32. The van der Waals surface area contributed by atoms with Crippen molar-refractivity contribution in [2.45, 2.75) is 33.4 Å². The monoisotopic (exact) mass is 449 g/mol. The summed E-state index contributed by atoms with van der Waals surface area (Å²) in [7, 11) is 0. The second-order valence-corrected chi connectivity index (χ2v) is 6.96. The summed E-state index contributed by atoms with van der Waals surface area (Å²) in [4.78, 5) is 54.0. The van der Waals surface area contributed by atoms with Crippen LogP contribution in [0.4, 0.5) is 10.1 Å². The van der Waals surface area contributed by atoms with Crippen molar-refractivity contribution < 1.29 is 38.2 Å². The molecule has 1 aromatic carbocycles. The van der Waals surface area contributed by atoms with Crippen molar-refractivity contribution in [3.63, 3.8) is 0 Å². The Morgan fingerprint density at radius 2 is 1.81 bits per heavy atom. The van der Waals surface area contributed by atoms with Gasteiger partial charge in [0.2, 0.25) is 0 Å². The first-order valence-electron chi connectivity index (χ1n) is 10.1. The van der Waals surface area contributed by atoms with Gasteiger partial charge in [-0.25, -0.2) is 14.2 Å².